The standard InChI is InChI=1S/C23H23N5O6/c1-14-5-8-18(9-6-14)23(30)34-19-10-7-17(11-20(19)33-4)12-24-25-21(29)13-27-16(3)22(28(31)32)15(2)26-27/h5-12H,13H2,1-4H3,(H,25,29)/b24-12-. The van der Waals surface area contributed by atoms with E-state index in [0.29, 0.717) is 16.9 Å². The van der Waals surface area contributed by atoms with Gasteiger partial charge in [0, 0.05) is 0 Å². The number of esters is 1. The SMILES string of the molecule is COc1cc(/C=N\NC(=O)Cn2nc(C)c([N+](=O)[O-])c2C)ccc1OC(=O)c1ccc(C)cc1. The lowest BCUT2D eigenvalue weighted by molar-refractivity contribution is -0.386. The number of hydrogen-bond donors (Lipinski definition) is 1. The van der Waals surface area contributed by atoms with E-state index in [-0.39, 0.29) is 29.4 Å². The van der Waals surface area contributed by atoms with Gasteiger partial charge in [-0.3, -0.25) is 19.6 Å². The van der Waals surface area contributed by atoms with Crippen LogP contribution in [0, 0.1) is 30.9 Å². The minimum atomic E-state index is -0.528. The molecular formula is C23H23N5O6. The molecule has 11 heteroatoms. The molecule has 1 N–H and O–H groups in total. The van der Waals surface area contributed by atoms with Crippen LogP contribution < -0.4 is 14.9 Å². The van der Waals surface area contributed by atoms with E-state index in [1.165, 1.54) is 31.9 Å². The lowest BCUT2D eigenvalue weighted by atomic mass is 10.1. The molecule has 34 heavy (non-hydrogen) atoms. The summed E-state index contributed by atoms with van der Waals surface area (Å²) in [6.07, 6.45) is 1.38. The van der Waals surface area contributed by atoms with Crippen molar-refractivity contribution in [2.75, 3.05) is 7.11 Å². The minimum absolute atomic E-state index is 0.119. The fourth-order valence-electron chi connectivity index (χ4n) is 3.15. The van der Waals surface area contributed by atoms with Crippen LogP contribution in [0.4, 0.5) is 5.69 Å². The van der Waals surface area contributed by atoms with Gasteiger partial charge in [-0.1, -0.05) is 17.7 Å². The third-order valence-corrected chi connectivity index (χ3v) is 4.90. The topological polar surface area (TPSA) is 138 Å². The Morgan fingerprint density at radius 2 is 1.85 bits per heavy atom. The first kappa shape index (κ1) is 24.1. The third kappa shape index (κ3) is 5.63. The Labute approximate surface area is 195 Å². The number of amides is 1. The molecule has 0 radical (unpaired) electrons. The zero-order valence-corrected chi connectivity index (χ0v) is 19.1. The van der Waals surface area contributed by atoms with Crippen molar-refractivity contribution in [1.82, 2.24) is 15.2 Å². The van der Waals surface area contributed by atoms with Crippen molar-refractivity contribution in [2.24, 2.45) is 5.10 Å². The highest BCUT2D eigenvalue weighted by Crippen LogP contribution is 2.28. The van der Waals surface area contributed by atoms with Gasteiger partial charge in [0.2, 0.25) is 0 Å². The molecule has 3 rings (SSSR count). The van der Waals surface area contributed by atoms with Crippen LogP contribution in [0.3, 0.4) is 0 Å². The molecule has 0 aliphatic heterocycles. The number of carbonyl (C=O) groups is 2. The van der Waals surface area contributed by atoms with Crippen LogP contribution >= 0.6 is 0 Å². The highest BCUT2D eigenvalue weighted by atomic mass is 16.6. The quantitative estimate of drug-likeness (QED) is 0.177. The molecule has 1 aromatic heterocycles. The molecule has 0 bridgehead atoms. The fourth-order valence-corrected chi connectivity index (χ4v) is 3.15. The Hall–Kier alpha value is -4.54. The molecule has 11 nitrogen and oxygen atoms in total. The normalized spacial score (nSPS) is 10.8. The van der Waals surface area contributed by atoms with Gasteiger partial charge in [0.15, 0.2) is 11.5 Å². The first-order valence-corrected chi connectivity index (χ1v) is 10.2. The van der Waals surface area contributed by atoms with E-state index in [0.717, 1.165) is 5.56 Å². The number of aromatic nitrogens is 2. The Morgan fingerprint density at radius 1 is 1.15 bits per heavy atom. The summed E-state index contributed by atoms with van der Waals surface area (Å²) in [5.41, 5.74) is 4.76. The number of hydrogen-bond acceptors (Lipinski definition) is 8. The number of rotatable bonds is 8. The predicted octanol–water partition coefficient (Wildman–Crippen LogP) is 3.09. The smallest absolute Gasteiger partial charge is 0.343 e. The Morgan fingerprint density at radius 3 is 2.47 bits per heavy atom. The van der Waals surface area contributed by atoms with Crippen LogP contribution in [0.25, 0.3) is 0 Å². The van der Waals surface area contributed by atoms with Crippen molar-refractivity contribution >= 4 is 23.8 Å². The first-order valence-electron chi connectivity index (χ1n) is 10.2. The highest BCUT2D eigenvalue weighted by Gasteiger charge is 2.22. The second kappa shape index (κ2) is 10.4. The number of aryl methyl sites for hydroxylation is 2. The molecule has 0 unspecified atom stereocenters. The van der Waals surface area contributed by atoms with Crippen LogP contribution in [0.1, 0.15) is 32.9 Å². The predicted molar refractivity (Wildman–Crippen MR) is 123 cm³/mol. The van der Waals surface area contributed by atoms with Crippen LogP contribution in [-0.4, -0.2) is 39.9 Å². The zero-order chi connectivity index (χ0) is 24.8. The van der Waals surface area contributed by atoms with Gasteiger partial charge in [-0.05, 0) is 56.7 Å². The van der Waals surface area contributed by atoms with Crippen molar-refractivity contribution in [3.8, 4) is 11.5 Å². The van der Waals surface area contributed by atoms with Crippen LogP contribution in [0.5, 0.6) is 11.5 Å². The van der Waals surface area contributed by atoms with E-state index < -0.39 is 16.8 Å². The maximum absolute atomic E-state index is 12.4. The second-order valence-corrected chi connectivity index (χ2v) is 7.39. The van der Waals surface area contributed by atoms with Gasteiger partial charge in [-0.2, -0.15) is 10.2 Å². The zero-order valence-electron chi connectivity index (χ0n) is 19.1. The van der Waals surface area contributed by atoms with Gasteiger partial charge in [0.1, 0.15) is 17.9 Å². The summed E-state index contributed by atoms with van der Waals surface area (Å²) in [5, 5.41) is 19.0. The van der Waals surface area contributed by atoms with E-state index in [1.54, 1.807) is 30.3 Å². The molecule has 3 aromatic rings. The fraction of sp³-hybridized carbons (Fsp3) is 0.217. The van der Waals surface area contributed by atoms with Crippen molar-refractivity contribution in [2.45, 2.75) is 27.3 Å². The van der Waals surface area contributed by atoms with E-state index in [2.05, 4.69) is 15.6 Å². The van der Waals surface area contributed by atoms with Crippen LogP contribution in [0.2, 0.25) is 0 Å². The average molecular weight is 465 g/mol. The molecule has 1 heterocycles. The highest BCUT2D eigenvalue weighted by molar-refractivity contribution is 5.91. The van der Waals surface area contributed by atoms with Gasteiger partial charge in [0.25, 0.3) is 5.91 Å². The number of methoxy groups -OCH3 is 1. The average Bonchev–Trinajstić information content (AvgIpc) is 3.07. The summed E-state index contributed by atoms with van der Waals surface area (Å²) in [5.74, 6) is -0.477. The molecule has 0 atom stereocenters. The van der Waals surface area contributed by atoms with Gasteiger partial charge in [0.05, 0.1) is 23.8 Å². The summed E-state index contributed by atoms with van der Waals surface area (Å²) in [4.78, 5) is 35.1. The number of nitro groups is 1. The molecule has 0 saturated carbocycles. The molecule has 0 saturated heterocycles. The van der Waals surface area contributed by atoms with Crippen molar-refractivity contribution < 1.29 is 24.0 Å². The summed E-state index contributed by atoms with van der Waals surface area (Å²) in [6, 6.07) is 11.8. The van der Waals surface area contributed by atoms with Crippen molar-refractivity contribution in [3.05, 3.63) is 80.7 Å². The molecule has 0 aliphatic rings. The maximum atomic E-state index is 12.4. The lowest BCUT2D eigenvalue weighted by Crippen LogP contribution is -2.24. The minimum Gasteiger partial charge on any atom is -0.493 e. The number of benzene rings is 2. The summed E-state index contributed by atoms with van der Waals surface area (Å²) >= 11 is 0. The summed E-state index contributed by atoms with van der Waals surface area (Å²) in [6.45, 7) is 4.72. The second-order valence-electron chi connectivity index (χ2n) is 7.39. The van der Waals surface area contributed by atoms with E-state index in [4.69, 9.17) is 9.47 Å². The summed E-state index contributed by atoms with van der Waals surface area (Å²) < 4.78 is 12.0. The molecule has 1 amide bonds. The molecular weight excluding hydrogens is 442 g/mol. The Kier molecular flexibility index (Phi) is 7.36. The number of nitrogens with zero attached hydrogens (tertiary/aromatic N) is 4. The van der Waals surface area contributed by atoms with E-state index >= 15 is 0 Å². The third-order valence-electron chi connectivity index (χ3n) is 4.90. The number of nitrogens with one attached hydrogen (secondary N) is 1. The monoisotopic (exact) mass is 465 g/mol. The van der Waals surface area contributed by atoms with E-state index in [1.807, 2.05) is 19.1 Å². The molecule has 0 aliphatic carbocycles. The number of ether oxygens (including phenoxy) is 2. The van der Waals surface area contributed by atoms with Gasteiger partial charge < -0.3 is 9.47 Å². The van der Waals surface area contributed by atoms with Gasteiger partial charge >= 0.3 is 11.7 Å². The first-order chi connectivity index (χ1) is 16.2. The van der Waals surface area contributed by atoms with Gasteiger partial charge in [-0.15, -0.1) is 0 Å². The molecule has 0 fully saturated rings. The summed E-state index contributed by atoms with van der Waals surface area (Å²) in [7, 11) is 1.44. The van der Waals surface area contributed by atoms with Crippen molar-refractivity contribution in [3.63, 3.8) is 0 Å². The van der Waals surface area contributed by atoms with Crippen LogP contribution in [0.15, 0.2) is 47.6 Å². The molecule has 0 spiro atoms. The van der Waals surface area contributed by atoms with Crippen LogP contribution in [-0.2, 0) is 11.3 Å². The van der Waals surface area contributed by atoms with E-state index in [9.17, 15) is 19.7 Å². The number of carbonyl (C=O) groups excluding carboxylic acids is 2. The molecule has 176 valence electrons. The number of hydrazone groups is 1. The Balaban J connectivity index is 1.63. The van der Waals surface area contributed by atoms with Crippen molar-refractivity contribution in [1.29, 1.82) is 0 Å². The largest absolute Gasteiger partial charge is 0.493 e. The maximum Gasteiger partial charge on any atom is 0.343 e. The van der Waals surface area contributed by atoms with Gasteiger partial charge in [-0.25, -0.2) is 10.2 Å². The molecule has 2 aromatic carbocycles. The lowest BCUT2D eigenvalue weighted by Gasteiger charge is -2.10. The Bertz CT molecular complexity index is 1260.